The molecule has 1 aromatic heterocycles. The smallest absolute Gasteiger partial charge is 0.0541 e. The van der Waals surface area contributed by atoms with Crippen molar-refractivity contribution in [1.29, 1.82) is 0 Å². The standard InChI is InChI=1S/C51H38N2.C48H44N2/c1-51(2)47-19-11-9-17-43(47)44-31-30-42(34-48(44)51)52(40-26-21-36(22-27-40)35-13-5-3-6-14-35)41-28-23-37(24-29-41)38-25-32-50-46(33-38)45-18-10-12-20-49(45)53(50)39-15-7-4-8-16-39;1-29-9-17-39(25-33(29)5)49(40-18-10-30(2)34(6)26-40)45-23-15-37-14-22-44-46(24-16-38-13-21-43(45)47(37)48(38)44)50(41-19-11-31(3)35(7)27-41)42-20-12-32(4)36(8)28-42/h3-34H,1-2H3;9-28H,1-8H3. The Kier molecular flexibility index (Phi) is 16.0. The van der Waals surface area contributed by atoms with Gasteiger partial charge in [0, 0.05) is 72.5 Å². The highest BCUT2D eigenvalue weighted by Crippen LogP contribution is 2.52. The molecule has 0 radical (unpaired) electrons. The van der Waals surface area contributed by atoms with Gasteiger partial charge in [0.15, 0.2) is 0 Å². The molecule has 1 aliphatic carbocycles. The summed E-state index contributed by atoms with van der Waals surface area (Å²) in [4.78, 5) is 7.29. The van der Waals surface area contributed by atoms with Crippen LogP contribution in [0.25, 0.3) is 93.2 Å². The molecule has 0 fully saturated rings. The maximum atomic E-state index is 2.45. The predicted octanol–water partition coefficient (Wildman–Crippen LogP) is 27.9. The molecule has 0 unspecified atom stereocenters. The molecule has 4 nitrogen and oxygen atoms in total. The van der Waals surface area contributed by atoms with Crippen LogP contribution in [0.15, 0.2) is 315 Å². The van der Waals surface area contributed by atoms with Gasteiger partial charge in [-0.15, -0.1) is 0 Å². The van der Waals surface area contributed by atoms with Crippen LogP contribution in [0.4, 0.5) is 51.2 Å². The average molecular weight is 1330 g/mol. The first-order valence-corrected chi connectivity index (χ1v) is 36.1. The Morgan fingerprint density at radius 3 is 1.15 bits per heavy atom. The highest BCUT2D eigenvalue weighted by atomic mass is 15.2. The molecule has 0 spiro atoms. The van der Waals surface area contributed by atoms with E-state index in [0.717, 1.165) is 17.1 Å². The zero-order chi connectivity index (χ0) is 70.4. The minimum absolute atomic E-state index is 0.0864. The van der Waals surface area contributed by atoms with Crippen molar-refractivity contribution in [2.24, 2.45) is 0 Å². The van der Waals surface area contributed by atoms with E-state index in [2.05, 4.69) is 404 Å². The lowest BCUT2D eigenvalue weighted by Crippen LogP contribution is -2.16. The summed E-state index contributed by atoms with van der Waals surface area (Å²) >= 11 is 0. The van der Waals surface area contributed by atoms with Gasteiger partial charge in [-0.1, -0.05) is 202 Å². The summed E-state index contributed by atoms with van der Waals surface area (Å²) in [5.41, 5.74) is 34.6. The number of fused-ring (bicyclic) bond motifs is 6. The van der Waals surface area contributed by atoms with Crippen molar-refractivity contribution in [3.05, 3.63) is 371 Å². The number of hydrogen-bond donors (Lipinski definition) is 0. The molecule has 1 aliphatic rings. The highest BCUT2D eigenvalue weighted by Gasteiger charge is 2.36. The molecule has 16 aromatic carbocycles. The van der Waals surface area contributed by atoms with Crippen LogP contribution < -0.4 is 14.7 Å². The lowest BCUT2D eigenvalue weighted by Gasteiger charge is -2.30. The van der Waals surface area contributed by atoms with Gasteiger partial charge in [-0.2, -0.15) is 0 Å². The van der Waals surface area contributed by atoms with E-state index in [1.54, 1.807) is 0 Å². The molecule has 498 valence electrons. The number of anilines is 9. The number of para-hydroxylation sites is 2. The molecule has 0 N–H and O–H groups in total. The Hall–Kier alpha value is -12.2. The van der Waals surface area contributed by atoms with Crippen LogP contribution >= 0.6 is 0 Å². The third-order valence-electron chi connectivity index (χ3n) is 22.3. The van der Waals surface area contributed by atoms with Gasteiger partial charge in [0.25, 0.3) is 0 Å². The number of aryl methyl sites for hydroxylation is 8. The fraction of sp³-hybridized carbons (Fsp3) is 0.111. The summed E-state index contributed by atoms with van der Waals surface area (Å²) in [5.74, 6) is 0. The molecule has 17 aromatic rings. The van der Waals surface area contributed by atoms with Gasteiger partial charge in [-0.3, -0.25) is 0 Å². The number of benzene rings is 16. The summed E-state index contributed by atoms with van der Waals surface area (Å²) < 4.78 is 2.37. The van der Waals surface area contributed by atoms with Crippen molar-refractivity contribution in [3.63, 3.8) is 0 Å². The first kappa shape index (κ1) is 64.2. The minimum atomic E-state index is -0.0864. The van der Waals surface area contributed by atoms with Gasteiger partial charge in [0.05, 0.1) is 22.4 Å². The molecule has 0 amide bonds. The molecule has 0 atom stereocenters. The molecule has 0 saturated heterocycles. The normalized spacial score (nSPS) is 12.3. The van der Waals surface area contributed by atoms with Gasteiger partial charge in [-0.25, -0.2) is 0 Å². The zero-order valence-corrected chi connectivity index (χ0v) is 60.3. The first-order valence-electron chi connectivity index (χ1n) is 36.1. The Morgan fingerprint density at radius 2 is 0.631 bits per heavy atom. The van der Waals surface area contributed by atoms with Crippen LogP contribution in [0.5, 0.6) is 0 Å². The average Bonchev–Trinajstić information content (AvgIpc) is 1.40. The zero-order valence-electron chi connectivity index (χ0n) is 60.3. The maximum Gasteiger partial charge on any atom is 0.0541 e. The Morgan fingerprint density at radius 1 is 0.243 bits per heavy atom. The lowest BCUT2D eigenvalue weighted by molar-refractivity contribution is 0.660. The fourth-order valence-corrected chi connectivity index (χ4v) is 16.0. The van der Waals surface area contributed by atoms with E-state index in [1.807, 2.05) is 0 Å². The molecule has 0 saturated carbocycles. The monoisotopic (exact) mass is 1330 g/mol. The van der Waals surface area contributed by atoms with E-state index >= 15 is 0 Å². The SMILES string of the molecule is CC1(C)c2ccccc2-c2ccc(N(c3ccc(-c4ccccc4)cc3)c3ccc(-c4ccc5c(c4)c4ccccc4n5-c4ccccc4)cc3)cc21.Cc1ccc(N(c2ccc(C)c(C)c2)c2ccc3ccc4c(N(c5ccc(C)c(C)c5)c5ccc(C)c(C)c5)ccc5ccc2c3c54)cc1C. The molecule has 4 heteroatoms. The fourth-order valence-electron chi connectivity index (χ4n) is 16.0. The number of hydrogen-bond acceptors (Lipinski definition) is 3. The summed E-state index contributed by atoms with van der Waals surface area (Å²) in [5, 5.41) is 10.1. The van der Waals surface area contributed by atoms with Crippen molar-refractivity contribution in [3.8, 4) is 39.1 Å². The van der Waals surface area contributed by atoms with Crippen LogP contribution in [0.3, 0.4) is 0 Å². The van der Waals surface area contributed by atoms with Crippen molar-refractivity contribution >= 4 is 105 Å². The number of aromatic nitrogens is 1. The van der Waals surface area contributed by atoms with E-state index in [-0.39, 0.29) is 5.41 Å². The van der Waals surface area contributed by atoms with Crippen LogP contribution in [0.1, 0.15) is 69.5 Å². The van der Waals surface area contributed by atoms with Gasteiger partial charge in [0.2, 0.25) is 0 Å². The summed E-state index contributed by atoms with van der Waals surface area (Å²) in [6.45, 7) is 22.3. The molecule has 0 aliphatic heterocycles. The van der Waals surface area contributed by atoms with Crippen molar-refractivity contribution in [1.82, 2.24) is 4.57 Å². The van der Waals surface area contributed by atoms with Crippen LogP contribution in [-0.4, -0.2) is 4.57 Å². The van der Waals surface area contributed by atoms with Crippen molar-refractivity contribution < 1.29 is 0 Å². The summed E-state index contributed by atoms with van der Waals surface area (Å²) in [7, 11) is 0. The van der Waals surface area contributed by atoms with E-state index in [9.17, 15) is 0 Å². The molecular weight excluding hydrogens is 1250 g/mol. The Labute approximate surface area is 605 Å². The topological polar surface area (TPSA) is 14.7 Å². The van der Waals surface area contributed by atoms with Crippen LogP contribution in [0.2, 0.25) is 0 Å². The van der Waals surface area contributed by atoms with Gasteiger partial charge in [0.1, 0.15) is 0 Å². The Balaban J connectivity index is 0.000000153. The highest BCUT2D eigenvalue weighted by molar-refractivity contribution is 6.28. The van der Waals surface area contributed by atoms with Crippen LogP contribution in [0, 0.1) is 55.4 Å². The van der Waals surface area contributed by atoms with Crippen molar-refractivity contribution in [2.45, 2.75) is 74.7 Å². The molecule has 18 rings (SSSR count). The van der Waals surface area contributed by atoms with Gasteiger partial charge in [-0.05, 0) is 293 Å². The third-order valence-corrected chi connectivity index (χ3v) is 22.3. The van der Waals surface area contributed by atoms with Crippen LogP contribution in [-0.2, 0) is 5.41 Å². The van der Waals surface area contributed by atoms with Gasteiger partial charge >= 0.3 is 0 Å². The third kappa shape index (κ3) is 11.3. The number of rotatable bonds is 12. The predicted molar refractivity (Wildman–Crippen MR) is 441 cm³/mol. The largest absolute Gasteiger partial charge is 0.310 e. The molecule has 0 bridgehead atoms. The second-order valence-electron chi connectivity index (χ2n) is 29.0. The molecule has 1 heterocycles. The van der Waals surface area contributed by atoms with Gasteiger partial charge < -0.3 is 19.3 Å². The molecule has 103 heavy (non-hydrogen) atoms. The minimum Gasteiger partial charge on any atom is -0.310 e. The summed E-state index contributed by atoms with van der Waals surface area (Å²) in [6, 6.07) is 117. The lowest BCUT2D eigenvalue weighted by atomic mass is 9.82. The van der Waals surface area contributed by atoms with E-state index in [0.29, 0.717) is 0 Å². The second kappa shape index (κ2) is 25.7. The first-order chi connectivity index (χ1) is 50.1. The number of nitrogens with zero attached hydrogens (tertiary/aromatic N) is 4. The molecular formula is C99H82N4. The Bertz CT molecular complexity index is 5830. The maximum absolute atomic E-state index is 2.45. The van der Waals surface area contributed by atoms with E-state index in [1.165, 1.54) is 183 Å². The quantitative estimate of drug-likeness (QED) is 0.113. The van der Waals surface area contributed by atoms with E-state index < -0.39 is 0 Å². The second-order valence-corrected chi connectivity index (χ2v) is 29.0. The summed E-state index contributed by atoms with van der Waals surface area (Å²) in [6.07, 6.45) is 0. The van der Waals surface area contributed by atoms with E-state index in [4.69, 9.17) is 0 Å². The van der Waals surface area contributed by atoms with Crippen molar-refractivity contribution in [2.75, 3.05) is 14.7 Å².